The van der Waals surface area contributed by atoms with Crippen molar-refractivity contribution in [2.24, 2.45) is 0 Å². The first-order chi connectivity index (χ1) is 14.8. The quantitative estimate of drug-likeness (QED) is 0.655. The first kappa shape index (κ1) is 22.2. The largest absolute Gasteiger partial charge is 0.463 e. The second kappa shape index (κ2) is 9.57. The lowest BCUT2D eigenvalue weighted by molar-refractivity contribution is -0.139. The summed E-state index contributed by atoms with van der Waals surface area (Å²) in [4.78, 5) is 37.0. The summed E-state index contributed by atoms with van der Waals surface area (Å²) in [6, 6.07) is 7.46. The first-order valence-corrected chi connectivity index (χ1v) is 9.53. The van der Waals surface area contributed by atoms with E-state index >= 15 is 0 Å². The summed E-state index contributed by atoms with van der Waals surface area (Å²) in [5, 5.41) is 5.52. The molecule has 1 atom stereocenters. The molecule has 1 heterocycles. The van der Waals surface area contributed by atoms with Gasteiger partial charge in [-0.05, 0) is 42.8 Å². The normalized spacial score (nSPS) is 15.7. The Labute approximate surface area is 181 Å². The molecule has 2 aromatic rings. The summed E-state index contributed by atoms with van der Waals surface area (Å²) in [6.45, 7) is 1.18. The van der Waals surface area contributed by atoms with E-state index in [9.17, 15) is 23.2 Å². The zero-order valence-electron chi connectivity index (χ0n) is 16.2. The van der Waals surface area contributed by atoms with Gasteiger partial charge in [-0.2, -0.15) is 0 Å². The second-order valence-electron chi connectivity index (χ2n) is 6.40. The average Bonchev–Trinajstić information content (AvgIpc) is 2.74. The molecular weight excluding hydrogens is 434 g/mol. The fraction of sp³-hybridized carbons (Fsp3) is 0.190. The van der Waals surface area contributed by atoms with Crippen molar-refractivity contribution in [1.29, 1.82) is 0 Å². The van der Waals surface area contributed by atoms with E-state index in [0.717, 1.165) is 12.1 Å². The highest BCUT2D eigenvalue weighted by Gasteiger charge is 2.34. The number of halogens is 3. The number of carbonyl (C=O) groups is 3. The minimum Gasteiger partial charge on any atom is -0.463 e. The Balaban J connectivity index is 1.91. The average molecular weight is 451 g/mol. The summed E-state index contributed by atoms with van der Waals surface area (Å²) >= 11 is 5.91. The molecule has 3 rings (SSSR count). The van der Waals surface area contributed by atoms with Crippen LogP contribution in [0, 0.1) is 11.6 Å². The molecule has 162 valence electrons. The molecule has 31 heavy (non-hydrogen) atoms. The van der Waals surface area contributed by atoms with Crippen LogP contribution in [0.15, 0.2) is 53.7 Å². The highest BCUT2D eigenvalue weighted by atomic mass is 35.5. The molecule has 0 spiro atoms. The molecule has 0 aliphatic carbocycles. The van der Waals surface area contributed by atoms with Gasteiger partial charge in [0, 0.05) is 5.02 Å². The Bertz CT molecular complexity index is 1060. The number of amides is 2. The summed E-state index contributed by atoms with van der Waals surface area (Å²) < 4.78 is 36.7. The molecule has 2 amide bonds. The maximum Gasteiger partial charge on any atom is 0.338 e. The molecule has 2 N–H and O–H groups in total. The van der Waals surface area contributed by atoms with Crippen molar-refractivity contribution in [1.82, 2.24) is 10.6 Å². The number of benzene rings is 2. The predicted octanol–water partition coefficient (Wildman–Crippen LogP) is 3.65. The Morgan fingerprint density at radius 1 is 1.03 bits per heavy atom. The maximum atomic E-state index is 13.4. The van der Waals surface area contributed by atoms with Gasteiger partial charge in [0.25, 0.3) is 0 Å². The minimum absolute atomic E-state index is 0.00177. The number of urea groups is 1. The lowest BCUT2D eigenvalue weighted by Crippen LogP contribution is -2.47. The predicted molar refractivity (Wildman–Crippen MR) is 106 cm³/mol. The van der Waals surface area contributed by atoms with Crippen LogP contribution in [0.5, 0.6) is 0 Å². The van der Waals surface area contributed by atoms with Gasteiger partial charge in [-0.1, -0.05) is 23.7 Å². The first-order valence-electron chi connectivity index (χ1n) is 9.15. The van der Waals surface area contributed by atoms with E-state index in [1.807, 2.05) is 0 Å². The van der Waals surface area contributed by atoms with Gasteiger partial charge >= 0.3 is 18.0 Å². The van der Waals surface area contributed by atoms with E-state index in [4.69, 9.17) is 21.1 Å². The molecule has 7 nitrogen and oxygen atoms in total. The molecule has 1 aliphatic rings. The van der Waals surface area contributed by atoms with E-state index in [-0.39, 0.29) is 23.4 Å². The Hall–Kier alpha value is -3.46. The maximum absolute atomic E-state index is 13.4. The van der Waals surface area contributed by atoms with Crippen LogP contribution in [0.25, 0.3) is 0 Å². The van der Waals surface area contributed by atoms with Gasteiger partial charge in [0.1, 0.15) is 6.61 Å². The Kier molecular flexibility index (Phi) is 6.86. The monoisotopic (exact) mass is 450 g/mol. The zero-order chi connectivity index (χ0) is 22.5. The van der Waals surface area contributed by atoms with Crippen molar-refractivity contribution in [3.8, 4) is 0 Å². The number of hydrogen-bond acceptors (Lipinski definition) is 5. The third kappa shape index (κ3) is 5.18. The van der Waals surface area contributed by atoms with Crippen LogP contribution in [-0.4, -0.2) is 31.2 Å². The van der Waals surface area contributed by atoms with Gasteiger partial charge in [-0.15, -0.1) is 0 Å². The molecule has 0 fully saturated rings. The smallest absolute Gasteiger partial charge is 0.338 e. The van der Waals surface area contributed by atoms with Crippen LogP contribution in [-0.2, 0) is 14.3 Å². The minimum atomic E-state index is -1.21. The molecule has 2 aromatic carbocycles. The summed E-state index contributed by atoms with van der Waals surface area (Å²) in [7, 11) is 0. The number of nitrogens with one attached hydrogen (secondary N) is 2. The summed E-state index contributed by atoms with van der Waals surface area (Å²) in [5.41, 5.74) is 0.346. The number of hydrogen-bond donors (Lipinski definition) is 2. The highest BCUT2D eigenvalue weighted by molar-refractivity contribution is 6.30. The standard InChI is InChI=1S/C21H17ClF2N2O5/c1-2-30-20(28)17-16(10-31-19(27)12-5-8-14(23)15(24)9-12)25-21(29)26-18(17)11-3-6-13(22)7-4-11/h3-9,18H,2,10H2,1H3,(H2,25,26,29). The van der Waals surface area contributed by atoms with E-state index in [0.29, 0.717) is 16.7 Å². The van der Waals surface area contributed by atoms with Crippen LogP contribution in [0.2, 0.25) is 5.02 Å². The Morgan fingerprint density at radius 3 is 2.39 bits per heavy atom. The van der Waals surface area contributed by atoms with E-state index in [1.165, 1.54) is 0 Å². The molecule has 0 aromatic heterocycles. The summed E-state index contributed by atoms with van der Waals surface area (Å²) in [5.74, 6) is -4.02. The third-order valence-corrected chi connectivity index (χ3v) is 4.61. The van der Waals surface area contributed by atoms with Crippen molar-refractivity contribution in [2.45, 2.75) is 13.0 Å². The van der Waals surface area contributed by atoms with Crippen molar-refractivity contribution in [3.05, 3.63) is 81.5 Å². The van der Waals surface area contributed by atoms with Crippen molar-refractivity contribution in [2.75, 3.05) is 13.2 Å². The van der Waals surface area contributed by atoms with Crippen LogP contribution >= 0.6 is 11.6 Å². The molecule has 10 heteroatoms. The number of carbonyl (C=O) groups excluding carboxylic acids is 3. The molecule has 0 bridgehead atoms. The molecule has 0 saturated carbocycles. The Morgan fingerprint density at radius 2 is 1.74 bits per heavy atom. The van der Waals surface area contributed by atoms with E-state index in [2.05, 4.69) is 10.6 Å². The van der Waals surface area contributed by atoms with Gasteiger partial charge in [-0.3, -0.25) is 0 Å². The van der Waals surface area contributed by atoms with Crippen LogP contribution < -0.4 is 10.6 Å². The lowest BCUT2D eigenvalue weighted by atomic mass is 9.95. The van der Waals surface area contributed by atoms with Gasteiger partial charge in [-0.25, -0.2) is 23.2 Å². The fourth-order valence-corrected chi connectivity index (χ4v) is 3.06. The lowest BCUT2D eigenvalue weighted by Gasteiger charge is -2.29. The van der Waals surface area contributed by atoms with E-state index in [1.54, 1.807) is 31.2 Å². The number of rotatable bonds is 6. The van der Waals surface area contributed by atoms with Gasteiger partial charge in [0.05, 0.1) is 29.5 Å². The SMILES string of the molecule is CCOC(=O)C1=C(COC(=O)c2ccc(F)c(F)c2)NC(=O)NC1c1ccc(Cl)cc1. The highest BCUT2D eigenvalue weighted by Crippen LogP contribution is 2.29. The van der Waals surface area contributed by atoms with Gasteiger partial charge in [0.15, 0.2) is 11.6 Å². The molecule has 1 unspecified atom stereocenters. The third-order valence-electron chi connectivity index (χ3n) is 4.36. The van der Waals surface area contributed by atoms with E-state index < -0.39 is 42.3 Å². The molecule has 1 aliphatic heterocycles. The molecule has 0 radical (unpaired) electrons. The second-order valence-corrected chi connectivity index (χ2v) is 6.84. The van der Waals surface area contributed by atoms with Crippen LogP contribution in [0.3, 0.4) is 0 Å². The number of esters is 2. The van der Waals surface area contributed by atoms with Crippen molar-refractivity contribution in [3.63, 3.8) is 0 Å². The topological polar surface area (TPSA) is 93.7 Å². The fourth-order valence-electron chi connectivity index (χ4n) is 2.93. The van der Waals surface area contributed by atoms with Gasteiger partial charge in [0.2, 0.25) is 0 Å². The number of ether oxygens (including phenoxy) is 2. The summed E-state index contributed by atoms with van der Waals surface area (Å²) in [6.07, 6.45) is 0. The van der Waals surface area contributed by atoms with Crippen molar-refractivity contribution >= 4 is 29.6 Å². The molecule has 0 saturated heterocycles. The molecular formula is C21H17ClF2N2O5. The van der Waals surface area contributed by atoms with Crippen LogP contribution in [0.4, 0.5) is 13.6 Å². The zero-order valence-corrected chi connectivity index (χ0v) is 17.0. The van der Waals surface area contributed by atoms with Crippen LogP contribution in [0.1, 0.15) is 28.9 Å². The van der Waals surface area contributed by atoms with Gasteiger partial charge < -0.3 is 20.1 Å². The van der Waals surface area contributed by atoms with Crippen molar-refractivity contribution < 1.29 is 32.6 Å².